The van der Waals surface area contributed by atoms with Crippen LogP contribution in [-0.2, 0) is 49.3 Å². The van der Waals surface area contributed by atoms with Crippen molar-refractivity contribution in [3.8, 4) is 23.5 Å². The third-order valence-electron chi connectivity index (χ3n) is 9.01. The number of carbonyl (C=O) groups is 4. The summed E-state index contributed by atoms with van der Waals surface area (Å²) in [5.41, 5.74) is 2.55. The molecule has 2 aliphatic heterocycles. The van der Waals surface area contributed by atoms with Crippen molar-refractivity contribution in [2.45, 2.75) is 93.1 Å². The standard InChI is InChI=1S/C37H46N2O16/c1-3-4-14-51-35-33(48)32(47)31(46)26(54-35)19-52-37(36(49)50)16-25(53-20(2)41)29(39-28(44)18-40)34(55-37)30(45)24(42)17-38-27(43)15-21-10-12-23(13-11-21)22-8-6-5-7-9-22/h1,5-13,24-26,29-35,40,42,45-48H,4,14-19H2,2H3,(H,38,43)(H,39,44)(H,49,50)/t24-,25+,26-,29-,30-,31+,32+,33-,34-,35-,37-/m1/s1. The normalized spacial score (nSPS) is 28.9. The molecule has 0 aromatic heterocycles. The molecule has 2 fully saturated rings. The molecule has 18 heteroatoms. The van der Waals surface area contributed by atoms with Gasteiger partial charge in [0.2, 0.25) is 11.8 Å². The van der Waals surface area contributed by atoms with Gasteiger partial charge in [0.25, 0.3) is 5.79 Å². The second-order valence-electron chi connectivity index (χ2n) is 13.0. The van der Waals surface area contributed by atoms with Crippen molar-refractivity contribution in [3.05, 3.63) is 60.2 Å². The van der Waals surface area contributed by atoms with Crippen LogP contribution >= 0.6 is 0 Å². The fourth-order valence-electron chi connectivity index (χ4n) is 6.15. The first-order valence-electron chi connectivity index (χ1n) is 17.3. The summed E-state index contributed by atoms with van der Waals surface area (Å²) < 4.78 is 27.6. The Morgan fingerprint density at radius 2 is 1.65 bits per heavy atom. The van der Waals surface area contributed by atoms with Gasteiger partial charge in [0, 0.05) is 19.9 Å². The quantitative estimate of drug-likeness (QED) is 0.0459. The second-order valence-corrected chi connectivity index (χ2v) is 13.0. The number of carbonyl (C=O) groups excluding carboxylic acids is 3. The van der Waals surface area contributed by atoms with Gasteiger partial charge >= 0.3 is 11.9 Å². The number of nitrogens with one attached hydrogen (secondary N) is 2. The fraction of sp³-hybridized carbons (Fsp3) is 0.514. The lowest BCUT2D eigenvalue weighted by Crippen LogP contribution is -2.69. The molecule has 2 amide bonds. The van der Waals surface area contributed by atoms with Crippen molar-refractivity contribution >= 4 is 23.8 Å². The first kappa shape index (κ1) is 43.2. The number of aliphatic hydroxyl groups is 6. The maximum Gasteiger partial charge on any atom is 0.364 e. The maximum absolute atomic E-state index is 12.9. The summed E-state index contributed by atoms with van der Waals surface area (Å²) in [5, 5.41) is 78.4. The summed E-state index contributed by atoms with van der Waals surface area (Å²) in [6, 6.07) is 15.2. The Kier molecular flexibility index (Phi) is 15.6. The van der Waals surface area contributed by atoms with Crippen LogP contribution in [0.3, 0.4) is 0 Å². The van der Waals surface area contributed by atoms with Gasteiger partial charge in [-0.1, -0.05) is 54.6 Å². The topological polar surface area (TPSA) is 280 Å². The molecule has 11 atom stereocenters. The van der Waals surface area contributed by atoms with Crippen LogP contribution in [0.1, 0.15) is 25.3 Å². The van der Waals surface area contributed by atoms with Crippen molar-refractivity contribution < 1.29 is 78.6 Å². The lowest BCUT2D eigenvalue weighted by atomic mass is 9.88. The van der Waals surface area contributed by atoms with E-state index in [1.807, 2.05) is 42.5 Å². The molecule has 2 aromatic carbocycles. The number of esters is 1. The molecule has 0 aliphatic carbocycles. The molecule has 0 spiro atoms. The van der Waals surface area contributed by atoms with E-state index in [9.17, 15) is 54.9 Å². The molecule has 9 N–H and O–H groups in total. The van der Waals surface area contributed by atoms with E-state index in [-0.39, 0.29) is 19.4 Å². The summed E-state index contributed by atoms with van der Waals surface area (Å²) in [6.45, 7) is -1.65. The summed E-state index contributed by atoms with van der Waals surface area (Å²) in [5.74, 6) is -4.93. The Morgan fingerprint density at radius 1 is 0.982 bits per heavy atom. The van der Waals surface area contributed by atoms with Crippen LogP contribution in [0.25, 0.3) is 11.1 Å². The van der Waals surface area contributed by atoms with E-state index in [1.165, 1.54) is 0 Å². The van der Waals surface area contributed by atoms with Crippen molar-refractivity contribution in [2.75, 3.05) is 26.4 Å². The fourth-order valence-corrected chi connectivity index (χ4v) is 6.15. The lowest BCUT2D eigenvalue weighted by molar-refractivity contribution is -0.338. The average molecular weight is 775 g/mol. The number of hydrogen-bond donors (Lipinski definition) is 9. The van der Waals surface area contributed by atoms with Crippen molar-refractivity contribution in [3.63, 3.8) is 0 Å². The Bertz CT molecular complexity index is 1640. The van der Waals surface area contributed by atoms with Gasteiger partial charge in [-0.05, 0) is 16.7 Å². The van der Waals surface area contributed by atoms with Gasteiger partial charge in [-0.15, -0.1) is 12.3 Å². The van der Waals surface area contributed by atoms with Gasteiger partial charge in [0.1, 0.15) is 49.3 Å². The van der Waals surface area contributed by atoms with Gasteiger partial charge in [-0.3, -0.25) is 14.4 Å². The molecule has 0 saturated carbocycles. The number of carboxylic acids is 1. The molecule has 55 heavy (non-hydrogen) atoms. The first-order valence-corrected chi connectivity index (χ1v) is 17.3. The van der Waals surface area contributed by atoms with Crippen LogP contribution in [-0.4, -0.2) is 153 Å². The van der Waals surface area contributed by atoms with Crippen LogP contribution in [0, 0.1) is 12.3 Å². The molecule has 18 nitrogen and oxygen atoms in total. The molecule has 300 valence electrons. The minimum Gasteiger partial charge on any atom is -0.477 e. The third-order valence-corrected chi connectivity index (χ3v) is 9.01. The van der Waals surface area contributed by atoms with Crippen LogP contribution in [0.5, 0.6) is 0 Å². The van der Waals surface area contributed by atoms with Crippen molar-refractivity contribution in [2.24, 2.45) is 0 Å². The van der Waals surface area contributed by atoms with Gasteiger partial charge in [-0.2, -0.15) is 0 Å². The lowest BCUT2D eigenvalue weighted by Gasteiger charge is -2.48. The number of rotatable bonds is 17. The molecule has 2 aliphatic rings. The van der Waals surface area contributed by atoms with Crippen molar-refractivity contribution in [1.29, 1.82) is 0 Å². The number of carboxylic acid groups (broad SMARTS) is 1. The molecule has 2 heterocycles. The molecule has 0 radical (unpaired) electrons. The molecule has 0 bridgehead atoms. The van der Waals surface area contributed by atoms with Crippen LogP contribution in [0.2, 0.25) is 0 Å². The van der Waals surface area contributed by atoms with Crippen molar-refractivity contribution in [1.82, 2.24) is 10.6 Å². The van der Waals surface area contributed by atoms with Gasteiger partial charge in [0.15, 0.2) is 6.29 Å². The van der Waals surface area contributed by atoms with E-state index in [1.54, 1.807) is 12.1 Å². The van der Waals surface area contributed by atoms with Gasteiger partial charge in [0.05, 0.1) is 38.2 Å². The predicted octanol–water partition coefficient (Wildman–Crippen LogP) is -2.42. The van der Waals surface area contributed by atoms with E-state index in [0.717, 1.165) is 18.1 Å². The Morgan fingerprint density at radius 3 is 2.27 bits per heavy atom. The molecule has 2 saturated heterocycles. The van der Waals surface area contributed by atoms with E-state index in [2.05, 4.69) is 16.6 Å². The number of ether oxygens (including phenoxy) is 5. The minimum atomic E-state index is -2.84. The number of terminal acetylenes is 1. The maximum atomic E-state index is 12.9. The van der Waals surface area contributed by atoms with E-state index >= 15 is 0 Å². The minimum absolute atomic E-state index is 0.103. The highest BCUT2D eigenvalue weighted by Gasteiger charge is 2.58. The first-order chi connectivity index (χ1) is 26.2. The van der Waals surface area contributed by atoms with Crippen LogP contribution in [0.4, 0.5) is 0 Å². The largest absolute Gasteiger partial charge is 0.477 e. The SMILES string of the molecule is C#CCCO[C@@H]1O[C@H](CO[C@]2(C(=O)O)C[C@H](OC(C)=O)[C@@H](NC(=O)CO)[C@H]([C@H](O)[C@H](O)CNC(=O)Cc3ccc(-c4ccccc4)cc3)O2)[C@H](O)[C@H](O)[C@H]1O. The summed E-state index contributed by atoms with van der Waals surface area (Å²) in [4.78, 5) is 50.3. The third kappa shape index (κ3) is 11.3. The van der Waals surface area contributed by atoms with E-state index < -0.39 is 117 Å². The molecular weight excluding hydrogens is 728 g/mol. The van der Waals surface area contributed by atoms with E-state index in [0.29, 0.717) is 5.56 Å². The summed E-state index contributed by atoms with van der Waals surface area (Å²) in [7, 11) is 0. The molecule has 2 aromatic rings. The summed E-state index contributed by atoms with van der Waals surface area (Å²) >= 11 is 0. The number of aliphatic hydroxyl groups excluding tert-OH is 6. The number of hydrogen-bond acceptors (Lipinski definition) is 15. The summed E-state index contributed by atoms with van der Waals surface area (Å²) in [6.07, 6.45) is -11.7. The Hall–Kier alpha value is -4.52. The van der Waals surface area contributed by atoms with Gasteiger partial charge < -0.3 is 70.1 Å². The van der Waals surface area contributed by atoms with Crippen LogP contribution < -0.4 is 10.6 Å². The zero-order valence-electron chi connectivity index (χ0n) is 29.8. The molecule has 4 rings (SSSR count). The zero-order chi connectivity index (χ0) is 40.3. The number of amides is 2. The highest BCUT2D eigenvalue weighted by atomic mass is 16.7. The Balaban J connectivity index is 1.52. The molecule has 0 unspecified atom stereocenters. The second kappa shape index (κ2) is 19.9. The Labute approximate surface area is 315 Å². The number of benzene rings is 2. The predicted molar refractivity (Wildman–Crippen MR) is 187 cm³/mol. The zero-order valence-corrected chi connectivity index (χ0v) is 29.8. The smallest absolute Gasteiger partial charge is 0.364 e. The van der Waals surface area contributed by atoms with Crippen LogP contribution in [0.15, 0.2) is 54.6 Å². The number of aliphatic carboxylic acids is 1. The highest BCUT2D eigenvalue weighted by molar-refractivity contribution is 5.79. The molecular formula is C37H46N2O16. The van der Waals surface area contributed by atoms with E-state index in [4.69, 9.17) is 30.1 Å². The monoisotopic (exact) mass is 774 g/mol. The van der Waals surface area contributed by atoms with Gasteiger partial charge in [-0.25, -0.2) is 4.79 Å². The average Bonchev–Trinajstić information content (AvgIpc) is 3.17. The highest BCUT2D eigenvalue weighted by Crippen LogP contribution is 2.36.